The van der Waals surface area contributed by atoms with Gasteiger partial charge < -0.3 is 4.74 Å². The van der Waals surface area contributed by atoms with Gasteiger partial charge in [-0.05, 0) is 13.0 Å². The Labute approximate surface area is 133 Å². The van der Waals surface area contributed by atoms with Crippen LogP contribution in [0.5, 0.6) is 0 Å². The summed E-state index contributed by atoms with van der Waals surface area (Å²) in [6, 6.07) is 2.17. The van der Waals surface area contributed by atoms with E-state index in [9.17, 15) is 22.8 Å². The SMILES string of the molecule is CC1OCCN(c2nn(-c3ccc(=O)n(C(F)F)c3)cc2F)C1=O. The Bertz CT molecular complexity index is 833. The lowest BCUT2D eigenvalue weighted by Crippen LogP contribution is -2.47. The molecular formula is C14H13F3N4O3. The average Bonchev–Trinajstić information content (AvgIpc) is 2.92. The van der Waals surface area contributed by atoms with Crippen molar-refractivity contribution in [1.29, 1.82) is 0 Å². The summed E-state index contributed by atoms with van der Waals surface area (Å²) in [4.78, 5) is 24.5. The van der Waals surface area contributed by atoms with E-state index in [0.717, 1.165) is 28.0 Å². The molecule has 7 nitrogen and oxygen atoms in total. The molecular weight excluding hydrogens is 329 g/mol. The van der Waals surface area contributed by atoms with E-state index in [4.69, 9.17) is 4.74 Å². The normalized spacial score (nSPS) is 18.5. The van der Waals surface area contributed by atoms with Crippen LogP contribution in [0.15, 0.2) is 29.3 Å². The van der Waals surface area contributed by atoms with Crippen molar-refractivity contribution in [3.63, 3.8) is 0 Å². The third-order valence-corrected chi connectivity index (χ3v) is 3.60. The van der Waals surface area contributed by atoms with E-state index < -0.39 is 29.9 Å². The van der Waals surface area contributed by atoms with Crippen molar-refractivity contribution in [3.05, 3.63) is 40.7 Å². The molecule has 2 aromatic heterocycles. The highest BCUT2D eigenvalue weighted by atomic mass is 19.3. The van der Waals surface area contributed by atoms with Crippen LogP contribution in [0.1, 0.15) is 13.5 Å². The van der Waals surface area contributed by atoms with Crippen molar-refractivity contribution in [2.24, 2.45) is 0 Å². The van der Waals surface area contributed by atoms with Gasteiger partial charge in [-0.15, -0.1) is 5.10 Å². The summed E-state index contributed by atoms with van der Waals surface area (Å²) in [5.41, 5.74) is -0.826. The van der Waals surface area contributed by atoms with Crippen molar-refractivity contribution in [2.75, 3.05) is 18.1 Å². The Morgan fingerprint density at radius 2 is 2.04 bits per heavy atom. The van der Waals surface area contributed by atoms with E-state index >= 15 is 0 Å². The molecule has 1 fully saturated rings. The Morgan fingerprint density at radius 3 is 2.75 bits per heavy atom. The van der Waals surface area contributed by atoms with Crippen molar-refractivity contribution in [2.45, 2.75) is 19.6 Å². The lowest BCUT2D eigenvalue weighted by molar-refractivity contribution is -0.132. The van der Waals surface area contributed by atoms with E-state index in [0.29, 0.717) is 0 Å². The summed E-state index contributed by atoms with van der Waals surface area (Å²) in [6.45, 7) is -1.12. The molecule has 0 bridgehead atoms. The molecule has 1 aliphatic rings. The number of rotatable bonds is 3. The number of aromatic nitrogens is 3. The van der Waals surface area contributed by atoms with Crippen LogP contribution in [0.3, 0.4) is 0 Å². The number of carbonyl (C=O) groups excluding carboxylic acids is 1. The van der Waals surface area contributed by atoms with Gasteiger partial charge in [-0.25, -0.2) is 9.07 Å². The van der Waals surface area contributed by atoms with E-state index in [2.05, 4.69) is 5.10 Å². The fourth-order valence-corrected chi connectivity index (χ4v) is 2.37. The second kappa shape index (κ2) is 6.11. The molecule has 24 heavy (non-hydrogen) atoms. The summed E-state index contributed by atoms with van der Waals surface area (Å²) in [6.07, 6.45) is 1.11. The highest BCUT2D eigenvalue weighted by Gasteiger charge is 2.31. The molecule has 0 spiro atoms. The number of hydrogen-bond acceptors (Lipinski definition) is 4. The second-order valence-corrected chi connectivity index (χ2v) is 5.16. The third-order valence-electron chi connectivity index (χ3n) is 3.60. The zero-order valence-electron chi connectivity index (χ0n) is 12.5. The Hall–Kier alpha value is -2.62. The van der Waals surface area contributed by atoms with Crippen LogP contribution in [0.2, 0.25) is 0 Å². The van der Waals surface area contributed by atoms with Gasteiger partial charge in [0.2, 0.25) is 0 Å². The molecule has 3 rings (SSSR count). The summed E-state index contributed by atoms with van der Waals surface area (Å²) in [7, 11) is 0. The van der Waals surface area contributed by atoms with Crippen molar-refractivity contribution < 1.29 is 22.7 Å². The van der Waals surface area contributed by atoms with Crippen LogP contribution in [0, 0.1) is 5.82 Å². The van der Waals surface area contributed by atoms with Gasteiger partial charge in [-0.2, -0.15) is 8.78 Å². The fraction of sp³-hybridized carbons (Fsp3) is 0.357. The molecule has 128 valence electrons. The molecule has 1 saturated heterocycles. The molecule has 3 heterocycles. The van der Waals surface area contributed by atoms with Crippen molar-refractivity contribution >= 4 is 11.7 Å². The number of alkyl halides is 2. The number of carbonyl (C=O) groups is 1. The maximum absolute atomic E-state index is 14.2. The first-order valence-corrected chi connectivity index (χ1v) is 7.07. The number of pyridine rings is 1. The Morgan fingerprint density at radius 1 is 1.29 bits per heavy atom. The quantitative estimate of drug-likeness (QED) is 0.844. The highest BCUT2D eigenvalue weighted by Crippen LogP contribution is 2.22. The van der Waals surface area contributed by atoms with Gasteiger partial charge in [-0.3, -0.25) is 19.1 Å². The van der Waals surface area contributed by atoms with Gasteiger partial charge in [0, 0.05) is 12.3 Å². The van der Waals surface area contributed by atoms with Gasteiger partial charge in [0.25, 0.3) is 11.5 Å². The molecule has 1 aliphatic heterocycles. The van der Waals surface area contributed by atoms with Gasteiger partial charge in [-0.1, -0.05) is 0 Å². The van der Waals surface area contributed by atoms with Gasteiger partial charge >= 0.3 is 6.55 Å². The predicted molar refractivity (Wildman–Crippen MR) is 76.8 cm³/mol. The molecule has 0 saturated carbocycles. The zero-order chi connectivity index (χ0) is 17.4. The average molecular weight is 342 g/mol. The molecule has 0 aliphatic carbocycles. The summed E-state index contributed by atoms with van der Waals surface area (Å²) >= 11 is 0. The molecule has 1 amide bonds. The van der Waals surface area contributed by atoms with E-state index in [1.165, 1.54) is 6.07 Å². The predicted octanol–water partition coefficient (Wildman–Crippen LogP) is 1.32. The minimum atomic E-state index is -3.03. The first kappa shape index (κ1) is 16.2. The van der Waals surface area contributed by atoms with Crippen LogP contribution in [-0.2, 0) is 9.53 Å². The number of hydrogen-bond donors (Lipinski definition) is 0. The number of halogens is 3. The smallest absolute Gasteiger partial charge is 0.321 e. The lowest BCUT2D eigenvalue weighted by Gasteiger charge is -2.28. The summed E-state index contributed by atoms with van der Waals surface area (Å²) < 4.78 is 46.1. The number of anilines is 1. The molecule has 0 aromatic carbocycles. The maximum Gasteiger partial charge on any atom is 0.321 e. The first-order valence-electron chi connectivity index (χ1n) is 7.07. The monoisotopic (exact) mass is 342 g/mol. The van der Waals surface area contributed by atoms with Crippen LogP contribution < -0.4 is 10.5 Å². The fourth-order valence-electron chi connectivity index (χ4n) is 2.37. The minimum absolute atomic E-state index is 0.0637. The van der Waals surface area contributed by atoms with Crippen molar-refractivity contribution in [3.8, 4) is 5.69 Å². The van der Waals surface area contributed by atoms with Crippen LogP contribution in [-0.4, -0.2) is 39.5 Å². The standard InChI is InChI=1S/C14H13F3N4O3/c1-8-13(23)19(4-5-24-8)12-10(15)7-21(18-12)9-2-3-11(22)20(6-9)14(16)17/h2-3,6-8,14H,4-5H2,1H3. The van der Waals surface area contributed by atoms with Gasteiger partial charge in [0.05, 0.1) is 25.0 Å². The summed E-state index contributed by atoms with van der Waals surface area (Å²) in [5, 5.41) is 3.95. The number of nitrogens with zero attached hydrogens (tertiary/aromatic N) is 4. The van der Waals surface area contributed by atoms with Gasteiger partial charge in [0.15, 0.2) is 11.6 Å². The van der Waals surface area contributed by atoms with E-state index in [1.807, 2.05) is 0 Å². The zero-order valence-corrected chi connectivity index (χ0v) is 12.5. The maximum atomic E-state index is 14.2. The molecule has 2 aromatic rings. The Balaban J connectivity index is 1.99. The van der Waals surface area contributed by atoms with Gasteiger partial charge in [0.1, 0.15) is 6.10 Å². The number of morpholine rings is 1. The van der Waals surface area contributed by atoms with Crippen LogP contribution in [0.25, 0.3) is 5.69 Å². The molecule has 0 radical (unpaired) electrons. The molecule has 0 N–H and O–H groups in total. The number of amides is 1. The number of ether oxygens (including phenoxy) is 1. The van der Waals surface area contributed by atoms with E-state index in [-0.39, 0.29) is 29.2 Å². The van der Waals surface area contributed by atoms with E-state index in [1.54, 1.807) is 6.92 Å². The highest BCUT2D eigenvalue weighted by molar-refractivity contribution is 5.96. The van der Waals surface area contributed by atoms with Crippen LogP contribution in [0.4, 0.5) is 19.0 Å². The third kappa shape index (κ3) is 2.80. The minimum Gasteiger partial charge on any atom is -0.367 e. The largest absolute Gasteiger partial charge is 0.367 e. The lowest BCUT2D eigenvalue weighted by atomic mass is 10.3. The first-order chi connectivity index (χ1) is 11.4. The van der Waals surface area contributed by atoms with Crippen molar-refractivity contribution in [1.82, 2.24) is 14.3 Å². The molecule has 10 heteroatoms. The molecule has 1 atom stereocenters. The molecule has 1 unspecified atom stereocenters. The topological polar surface area (TPSA) is 69.4 Å². The Kier molecular flexibility index (Phi) is 4.14. The van der Waals surface area contributed by atoms with Crippen LogP contribution >= 0.6 is 0 Å². The summed E-state index contributed by atoms with van der Waals surface area (Å²) in [5.74, 6) is -1.44. The second-order valence-electron chi connectivity index (χ2n) is 5.16.